The smallest absolute Gasteiger partial charge is 0.328 e. The molecule has 19 heavy (non-hydrogen) atoms. The van der Waals surface area contributed by atoms with Crippen molar-refractivity contribution in [3.63, 3.8) is 0 Å². The molecule has 0 aromatic carbocycles. The number of carboxylic acid groups (broad SMARTS) is 1. The van der Waals surface area contributed by atoms with Gasteiger partial charge in [-0.3, -0.25) is 10.1 Å². The third kappa shape index (κ3) is 3.46. The summed E-state index contributed by atoms with van der Waals surface area (Å²) in [6.07, 6.45) is 5.39. The number of carbonyl (C=O) groups excluding carboxylic acids is 1. The molecular weight excluding hydrogens is 266 g/mol. The molecule has 0 spiro atoms. The summed E-state index contributed by atoms with van der Waals surface area (Å²) in [4.78, 5) is 30.6. The van der Waals surface area contributed by atoms with E-state index < -0.39 is 5.97 Å². The SMILES string of the molecule is O=C(O)/C=C/c1ccsc1C(=O)Nc1ncccn1. The molecule has 0 bridgehead atoms. The molecule has 2 rings (SSSR count). The van der Waals surface area contributed by atoms with E-state index in [1.807, 2.05) is 0 Å². The summed E-state index contributed by atoms with van der Waals surface area (Å²) in [6.45, 7) is 0. The number of aromatic nitrogens is 2. The number of carboxylic acids is 1. The van der Waals surface area contributed by atoms with Gasteiger partial charge in [0.05, 0.1) is 4.88 Å². The van der Waals surface area contributed by atoms with Gasteiger partial charge in [0.1, 0.15) is 0 Å². The van der Waals surface area contributed by atoms with Crippen LogP contribution in [-0.2, 0) is 4.79 Å². The van der Waals surface area contributed by atoms with Crippen molar-refractivity contribution in [2.24, 2.45) is 0 Å². The third-order valence-electron chi connectivity index (χ3n) is 2.10. The van der Waals surface area contributed by atoms with E-state index in [4.69, 9.17) is 5.11 Å². The van der Waals surface area contributed by atoms with E-state index in [0.717, 1.165) is 6.08 Å². The minimum absolute atomic E-state index is 0.203. The van der Waals surface area contributed by atoms with Gasteiger partial charge in [0.2, 0.25) is 5.95 Å². The molecule has 2 aromatic heterocycles. The highest BCUT2D eigenvalue weighted by Crippen LogP contribution is 2.19. The summed E-state index contributed by atoms with van der Waals surface area (Å²) < 4.78 is 0. The monoisotopic (exact) mass is 275 g/mol. The Morgan fingerprint density at radius 1 is 1.32 bits per heavy atom. The van der Waals surface area contributed by atoms with Crippen LogP contribution in [0.15, 0.2) is 36.0 Å². The molecule has 0 aliphatic rings. The predicted octanol–water partition coefficient (Wildman–Crippen LogP) is 1.89. The number of aliphatic carboxylic acids is 1. The summed E-state index contributed by atoms with van der Waals surface area (Å²) >= 11 is 1.22. The lowest BCUT2D eigenvalue weighted by atomic mass is 10.2. The van der Waals surface area contributed by atoms with Crippen molar-refractivity contribution in [3.05, 3.63) is 46.4 Å². The van der Waals surface area contributed by atoms with Crippen molar-refractivity contribution in [1.29, 1.82) is 0 Å². The minimum Gasteiger partial charge on any atom is -0.478 e. The molecule has 0 radical (unpaired) electrons. The number of hydrogen-bond acceptors (Lipinski definition) is 5. The van der Waals surface area contributed by atoms with Gasteiger partial charge in [-0.2, -0.15) is 0 Å². The Hall–Kier alpha value is -2.54. The van der Waals surface area contributed by atoms with Gasteiger partial charge >= 0.3 is 5.97 Å². The van der Waals surface area contributed by atoms with Crippen molar-refractivity contribution < 1.29 is 14.7 Å². The number of thiophene rings is 1. The Morgan fingerprint density at radius 3 is 2.74 bits per heavy atom. The van der Waals surface area contributed by atoms with Gasteiger partial charge in [-0.1, -0.05) is 0 Å². The first-order valence-electron chi connectivity index (χ1n) is 5.23. The van der Waals surface area contributed by atoms with Crippen LogP contribution in [0.5, 0.6) is 0 Å². The van der Waals surface area contributed by atoms with E-state index in [1.54, 1.807) is 17.5 Å². The normalized spacial score (nSPS) is 10.5. The number of anilines is 1. The number of carbonyl (C=O) groups is 2. The lowest BCUT2D eigenvalue weighted by Gasteiger charge is -2.01. The van der Waals surface area contributed by atoms with Crippen LogP contribution in [0.3, 0.4) is 0 Å². The Kier molecular flexibility index (Phi) is 3.99. The topological polar surface area (TPSA) is 92.2 Å². The van der Waals surface area contributed by atoms with Crippen LogP contribution in [0, 0.1) is 0 Å². The Labute approximate surface area is 112 Å². The van der Waals surface area contributed by atoms with Crippen LogP contribution in [0.2, 0.25) is 0 Å². The summed E-state index contributed by atoms with van der Waals surface area (Å²) in [7, 11) is 0. The van der Waals surface area contributed by atoms with Gasteiger partial charge in [0.15, 0.2) is 0 Å². The highest BCUT2D eigenvalue weighted by Gasteiger charge is 2.12. The van der Waals surface area contributed by atoms with Gasteiger partial charge in [0, 0.05) is 18.5 Å². The lowest BCUT2D eigenvalue weighted by Crippen LogP contribution is -2.13. The molecule has 1 amide bonds. The minimum atomic E-state index is -1.07. The van der Waals surface area contributed by atoms with Gasteiger partial charge in [-0.15, -0.1) is 11.3 Å². The molecule has 0 saturated heterocycles. The van der Waals surface area contributed by atoms with E-state index in [1.165, 1.54) is 29.8 Å². The maximum Gasteiger partial charge on any atom is 0.328 e. The summed E-state index contributed by atoms with van der Waals surface area (Å²) in [5.74, 6) is -1.23. The molecule has 6 nitrogen and oxygen atoms in total. The first-order valence-corrected chi connectivity index (χ1v) is 6.11. The van der Waals surface area contributed by atoms with E-state index >= 15 is 0 Å². The molecule has 0 unspecified atom stereocenters. The quantitative estimate of drug-likeness (QED) is 0.831. The van der Waals surface area contributed by atoms with Gasteiger partial charge in [0.25, 0.3) is 5.91 Å². The Balaban J connectivity index is 2.16. The summed E-state index contributed by atoms with van der Waals surface area (Å²) in [5.41, 5.74) is 0.542. The van der Waals surface area contributed by atoms with Crippen molar-refractivity contribution in [3.8, 4) is 0 Å². The molecule has 0 atom stereocenters. The highest BCUT2D eigenvalue weighted by atomic mass is 32.1. The highest BCUT2D eigenvalue weighted by molar-refractivity contribution is 7.12. The molecule has 2 N–H and O–H groups in total. The standard InChI is InChI=1S/C12H9N3O3S/c16-9(17)3-2-8-4-7-19-10(8)11(18)15-12-13-5-1-6-14-12/h1-7H,(H,16,17)(H,13,14,15,18)/b3-2+. The van der Waals surface area contributed by atoms with Crippen LogP contribution in [0.4, 0.5) is 5.95 Å². The van der Waals surface area contributed by atoms with Crippen LogP contribution in [0.1, 0.15) is 15.2 Å². The van der Waals surface area contributed by atoms with E-state index in [2.05, 4.69) is 15.3 Å². The Bertz CT molecular complexity index is 622. The molecule has 2 aromatic rings. The van der Waals surface area contributed by atoms with Gasteiger partial charge < -0.3 is 5.11 Å². The maximum absolute atomic E-state index is 12.0. The average Bonchev–Trinajstić information content (AvgIpc) is 2.86. The van der Waals surface area contributed by atoms with Gasteiger partial charge in [-0.05, 0) is 29.2 Å². The molecule has 96 valence electrons. The first-order chi connectivity index (χ1) is 9.16. The van der Waals surface area contributed by atoms with E-state index in [0.29, 0.717) is 10.4 Å². The zero-order chi connectivity index (χ0) is 13.7. The Morgan fingerprint density at radius 2 is 2.05 bits per heavy atom. The molecule has 0 fully saturated rings. The van der Waals surface area contributed by atoms with Crippen LogP contribution >= 0.6 is 11.3 Å². The fraction of sp³-hybridized carbons (Fsp3) is 0. The molecule has 0 aliphatic carbocycles. The zero-order valence-electron chi connectivity index (χ0n) is 9.61. The van der Waals surface area contributed by atoms with Crippen molar-refractivity contribution >= 4 is 35.2 Å². The third-order valence-corrected chi connectivity index (χ3v) is 3.03. The summed E-state index contributed by atoms with van der Waals surface area (Å²) in [5, 5.41) is 12.8. The number of nitrogens with zero attached hydrogens (tertiary/aromatic N) is 2. The number of amides is 1. The molecule has 7 heteroatoms. The van der Waals surface area contributed by atoms with E-state index in [9.17, 15) is 9.59 Å². The molecule has 0 saturated carbocycles. The predicted molar refractivity (Wildman–Crippen MR) is 71.0 cm³/mol. The van der Waals surface area contributed by atoms with E-state index in [-0.39, 0.29) is 11.9 Å². The lowest BCUT2D eigenvalue weighted by molar-refractivity contribution is -0.131. The average molecular weight is 275 g/mol. The van der Waals surface area contributed by atoms with Crippen LogP contribution in [0.25, 0.3) is 6.08 Å². The second-order valence-corrected chi connectivity index (χ2v) is 4.32. The fourth-order valence-corrected chi connectivity index (χ4v) is 2.10. The van der Waals surface area contributed by atoms with Crippen molar-refractivity contribution in [2.75, 3.05) is 5.32 Å². The van der Waals surface area contributed by atoms with Crippen molar-refractivity contribution in [2.45, 2.75) is 0 Å². The van der Waals surface area contributed by atoms with Crippen LogP contribution < -0.4 is 5.32 Å². The molecule has 2 heterocycles. The summed E-state index contributed by atoms with van der Waals surface area (Å²) in [6, 6.07) is 3.31. The van der Waals surface area contributed by atoms with Gasteiger partial charge in [-0.25, -0.2) is 14.8 Å². The number of rotatable bonds is 4. The first kappa shape index (κ1) is 12.9. The van der Waals surface area contributed by atoms with Crippen LogP contribution in [-0.4, -0.2) is 27.0 Å². The largest absolute Gasteiger partial charge is 0.478 e. The zero-order valence-corrected chi connectivity index (χ0v) is 10.4. The molecular formula is C12H9N3O3S. The second kappa shape index (κ2) is 5.87. The maximum atomic E-state index is 12.0. The number of hydrogen-bond donors (Lipinski definition) is 2. The molecule has 0 aliphatic heterocycles. The second-order valence-electron chi connectivity index (χ2n) is 3.40. The fourth-order valence-electron chi connectivity index (χ4n) is 1.32. The number of nitrogens with one attached hydrogen (secondary N) is 1. The van der Waals surface area contributed by atoms with Crippen molar-refractivity contribution in [1.82, 2.24) is 9.97 Å².